The van der Waals surface area contributed by atoms with E-state index < -0.39 is 143 Å². The third-order valence-corrected chi connectivity index (χ3v) is 23.1. The molecule has 4 aliphatic rings. The molecule has 4 heterocycles. The number of amides is 16. The van der Waals surface area contributed by atoms with Gasteiger partial charge in [-0.15, -0.1) is 0 Å². The summed E-state index contributed by atoms with van der Waals surface area (Å²) in [5, 5.41) is 57.6. The van der Waals surface area contributed by atoms with Crippen LogP contribution in [0.3, 0.4) is 0 Å². The summed E-state index contributed by atoms with van der Waals surface area (Å²) in [6.45, 7) is 13.7. The molecule has 0 aromatic heterocycles. The summed E-state index contributed by atoms with van der Waals surface area (Å²) in [7, 11) is 7.28. The van der Waals surface area contributed by atoms with Crippen molar-refractivity contribution in [1.29, 1.82) is 0 Å². The van der Waals surface area contributed by atoms with Crippen LogP contribution in [0.25, 0.3) is 0 Å². The lowest BCUT2D eigenvalue weighted by Crippen LogP contribution is -2.60. The van der Waals surface area contributed by atoms with Gasteiger partial charge in [0.15, 0.2) is 0 Å². The van der Waals surface area contributed by atoms with E-state index in [1.54, 1.807) is 0 Å². The molecule has 37 heteroatoms. The van der Waals surface area contributed by atoms with E-state index >= 15 is 0 Å². The molecule has 4 saturated heterocycles. The van der Waals surface area contributed by atoms with Crippen LogP contribution in [0.4, 0.5) is 4.79 Å². The first-order valence-corrected chi connectivity index (χ1v) is 45.4. The molecule has 0 aromatic rings. The molecule has 0 aromatic carbocycles. The van der Waals surface area contributed by atoms with Crippen molar-refractivity contribution in [3.8, 4) is 0 Å². The molecule has 0 radical (unpaired) electrons. The summed E-state index contributed by atoms with van der Waals surface area (Å²) in [5.41, 5.74) is 0. The largest absolute Gasteiger partial charge is 0.356 e. The van der Waals surface area contributed by atoms with Crippen molar-refractivity contribution in [2.75, 3.05) is 79.0 Å². The van der Waals surface area contributed by atoms with E-state index in [1.165, 1.54) is 27.7 Å². The van der Waals surface area contributed by atoms with Gasteiger partial charge in [-0.2, -0.15) is 24.4 Å². The molecule has 16 amide bonds. The molecule has 118 heavy (non-hydrogen) atoms. The van der Waals surface area contributed by atoms with Gasteiger partial charge in [0.1, 0.15) is 72.5 Å². The number of thiol groups is 1. The molecule has 0 spiro atoms. The fraction of sp³-hybridized carbons (Fsp3) is 0.815. The van der Waals surface area contributed by atoms with Gasteiger partial charge in [-0.05, 0) is 229 Å². The maximum atomic E-state index is 14.2. The highest BCUT2D eigenvalue weighted by Crippen LogP contribution is 2.33. The monoisotopic (exact) mass is 1710 g/mol. The van der Waals surface area contributed by atoms with Crippen LogP contribution in [-0.4, -0.2) is 258 Å². The van der Waals surface area contributed by atoms with Gasteiger partial charge in [0, 0.05) is 36.9 Å². The number of carbonyl (C=O) groups is 15. The van der Waals surface area contributed by atoms with Crippen molar-refractivity contribution in [3.05, 3.63) is 0 Å². The Morgan fingerprint density at radius 2 is 0.559 bits per heavy atom. The summed E-state index contributed by atoms with van der Waals surface area (Å²) in [5.74, 6) is -5.79. The maximum Gasteiger partial charge on any atom is 0.315 e. The van der Waals surface area contributed by atoms with E-state index in [2.05, 4.69) is 133 Å². The van der Waals surface area contributed by atoms with Crippen LogP contribution >= 0.6 is 24.4 Å². The quantitative estimate of drug-likeness (QED) is 0.0230. The van der Waals surface area contributed by atoms with Crippen molar-refractivity contribution >= 4 is 113 Å². The minimum absolute atomic E-state index is 0.0720. The molecule has 20 N–H and O–H groups in total. The number of rotatable bonds is 47. The summed E-state index contributed by atoms with van der Waals surface area (Å²) >= 11 is 5.93. The van der Waals surface area contributed by atoms with E-state index in [0.717, 1.165) is 89.2 Å². The molecule has 674 valence electrons. The average Bonchev–Trinajstić information content (AvgIpc) is 1.67. The molecule has 3 unspecified atom stereocenters. The Labute approximate surface area is 710 Å². The van der Waals surface area contributed by atoms with E-state index in [9.17, 15) is 71.9 Å². The highest BCUT2D eigenvalue weighted by atomic mass is 32.2. The van der Waals surface area contributed by atoms with Gasteiger partial charge in [0.25, 0.3) is 0 Å². The summed E-state index contributed by atoms with van der Waals surface area (Å²) in [6, 6.07) is -12.2. The fourth-order valence-electron chi connectivity index (χ4n) is 14.1. The molecular weight excluding hydrogens is 1560 g/mol. The zero-order chi connectivity index (χ0) is 87.2. The van der Waals surface area contributed by atoms with Crippen LogP contribution in [-0.2, 0) is 67.1 Å². The lowest BCUT2D eigenvalue weighted by Gasteiger charge is -2.28. The van der Waals surface area contributed by atoms with Gasteiger partial charge in [-0.1, -0.05) is 71.6 Å². The standard InChI is InChI=1S/C44H79N11O8S.C37H69N9O7S/c1-6-7-8-9-18-32-42(61)53-33(21-14-17-26-47-36(56)23-11-10-22-35-37-34(27-64-35)54-44(63)55-37)43(62)52-31(20-13-16-25-46-5)41(60)49-28(2)38(57)50-30(19-12-15-24-45-4)40(59)48-29(3)39(58)51-32;1-6-7-8-9-16-29-36(52)46-30(19-12-15-23-40-31(47)20-24-54)37(53)45-28(18-11-14-22-39-5)35(51)42-25(2)32(48)43-27(17-10-13-21-38-4)34(50)41-26(3)33(49)44-29/h28-35,37,45-46H,6-27H2,1-5H3,(H,47,56)(H,48,59)(H,49,60)(H,50,57)(H,51,58)(H,52,62)(H,53,61)(H2,54,55,63);25-30,38-39,54H,6-24H2,1-5H3,(H,40,47)(H,41,50)(H,42,51)(H,43,48)(H,44,49)(H,45,53)(H,46,52)/t28-,29-,30+,31+,32+,33-,34?,35?,37?;25-,26-,27+,28+,29+,30-/m11/s1. The molecule has 4 fully saturated rings. The Balaban J connectivity index is 0.000000620. The molecule has 0 saturated carbocycles. The van der Waals surface area contributed by atoms with Crippen LogP contribution in [0, 0.1) is 0 Å². The van der Waals surface area contributed by atoms with Crippen molar-refractivity contribution in [2.45, 2.75) is 343 Å². The lowest BCUT2D eigenvalue weighted by atomic mass is 10.0. The van der Waals surface area contributed by atoms with Gasteiger partial charge in [-0.3, -0.25) is 67.1 Å². The van der Waals surface area contributed by atoms with E-state index in [-0.39, 0.29) is 68.5 Å². The van der Waals surface area contributed by atoms with Gasteiger partial charge in [0.05, 0.1) is 12.1 Å². The zero-order valence-corrected chi connectivity index (χ0v) is 73.8. The Hall–Kier alpha value is -7.61. The molecule has 0 aliphatic carbocycles. The Kier molecular flexibility index (Phi) is 54.6. The highest BCUT2D eigenvalue weighted by Gasteiger charge is 2.43. The second kappa shape index (κ2) is 61.6. The first-order valence-electron chi connectivity index (χ1n) is 43.7. The number of hydrogen-bond donors (Lipinski definition) is 21. The third-order valence-electron chi connectivity index (χ3n) is 21.3. The molecule has 15 atom stereocenters. The highest BCUT2D eigenvalue weighted by molar-refractivity contribution is 8.00. The number of unbranched alkanes of at least 4 members (excludes halogenated alkanes) is 13. The number of fused-ring (bicyclic) bond motifs is 1. The molecule has 4 rings (SSSR count). The predicted octanol–water partition coefficient (Wildman–Crippen LogP) is 1.02. The number of hydrogen-bond acceptors (Lipinski definition) is 21. The van der Waals surface area contributed by atoms with Crippen molar-refractivity contribution in [2.24, 2.45) is 0 Å². The van der Waals surface area contributed by atoms with Gasteiger partial charge >= 0.3 is 6.03 Å². The minimum Gasteiger partial charge on any atom is -0.356 e. The minimum atomic E-state index is -1.08. The van der Waals surface area contributed by atoms with Crippen LogP contribution < -0.4 is 106 Å². The summed E-state index contributed by atoms with van der Waals surface area (Å²) < 4.78 is 0. The zero-order valence-electron chi connectivity index (χ0n) is 72.1. The molecular formula is C81H148N20O15S2. The van der Waals surface area contributed by atoms with Crippen LogP contribution in [0.15, 0.2) is 0 Å². The Morgan fingerprint density at radius 3 is 0.839 bits per heavy atom. The maximum absolute atomic E-state index is 14.2. The van der Waals surface area contributed by atoms with Gasteiger partial charge in [-0.25, -0.2) is 4.79 Å². The number of nitrogens with one attached hydrogen (secondary N) is 20. The summed E-state index contributed by atoms with van der Waals surface area (Å²) in [6.07, 6.45) is 19.3. The van der Waals surface area contributed by atoms with Crippen LogP contribution in [0.1, 0.15) is 253 Å². The summed E-state index contributed by atoms with van der Waals surface area (Å²) in [4.78, 5) is 201. The third kappa shape index (κ3) is 42.6. The number of carbonyl (C=O) groups excluding carboxylic acids is 15. The van der Waals surface area contributed by atoms with Crippen molar-refractivity contribution < 1.29 is 71.9 Å². The number of urea groups is 1. The number of thioether (sulfide) groups is 1. The topological polar surface area (TPSA) is 497 Å². The fourth-order valence-corrected chi connectivity index (χ4v) is 15.8. The van der Waals surface area contributed by atoms with Gasteiger partial charge in [0.2, 0.25) is 82.7 Å². The Morgan fingerprint density at radius 1 is 0.305 bits per heavy atom. The lowest BCUT2D eigenvalue weighted by molar-refractivity contribution is -0.136. The SMILES string of the molecule is CCCCCC[C@@H]1NC(=O)[C@@H](C)NC(=O)[C@H](CCCCNC)NC(=O)[C@@H](C)NC(=O)[C@H](CCCCNC)NC(=O)[C@@H](CCCCNC(=O)CCCCC2SCC3NC(=O)NC32)NC1=O.CCCCCC[C@@H]1NC(=O)[C@@H](C)NC(=O)[C@H](CCCCNC)NC(=O)[C@@H](C)NC(=O)[C@H](CCCCNC)NC(=O)[C@@H](CCCCNC(=O)CCS)NC1=O. The van der Waals surface area contributed by atoms with E-state index in [1.807, 2.05) is 40.0 Å². The first kappa shape index (κ1) is 105. The van der Waals surface area contributed by atoms with Crippen molar-refractivity contribution in [1.82, 2.24) is 106 Å². The van der Waals surface area contributed by atoms with Crippen molar-refractivity contribution in [3.63, 3.8) is 0 Å². The van der Waals surface area contributed by atoms with Crippen LogP contribution in [0.5, 0.6) is 0 Å². The second-order valence-corrected chi connectivity index (χ2v) is 33.3. The second-order valence-electron chi connectivity index (χ2n) is 31.5. The van der Waals surface area contributed by atoms with E-state index in [4.69, 9.17) is 0 Å². The Bertz CT molecular complexity index is 3070. The molecule has 4 aliphatic heterocycles. The normalized spacial score (nSPS) is 25.4. The smallest absolute Gasteiger partial charge is 0.315 e. The van der Waals surface area contributed by atoms with Gasteiger partial charge < -0.3 is 106 Å². The van der Waals surface area contributed by atoms with Crippen LogP contribution in [0.2, 0.25) is 0 Å². The predicted molar refractivity (Wildman–Crippen MR) is 461 cm³/mol. The average molecular weight is 1710 g/mol. The molecule has 0 bridgehead atoms. The first-order chi connectivity index (χ1) is 56.6. The van der Waals surface area contributed by atoms with E-state index in [0.29, 0.717) is 140 Å². The molecule has 35 nitrogen and oxygen atoms in total.